The predicted molar refractivity (Wildman–Crippen MR) is 96.3 cm³/mol. The zero-order valence-electron chi connectivity index (χ0n) is 12.7. The quantitative estimate of drug-likeness (QED) is 0.668. The lowest BCUT2D eigenvalue weighted by molar-refractivity contribution is 0.424. The Bertz CT molecular complexity index is 734. The average molecular weight is 354 g/mol. The van der Waals surface area contributed by atoms with Crippen molar-refractivity contribution in [2.45, 2.75) is 31.7 Å². The van der Waals surface area contributed by atoms with Gasteiger partial charge in [-0.25, -0.2) is 0 Å². The monoisotopic (exact) mass is 353 g/mol. The summed E-state index contributed by atoms with van der Waals surface area (Å²) < 4.78 is 1.20. The maximum Gasteiger partial charge on any atom is 0.0565 e. The van der Waals surface area contributed by atoms with Gasteiger partial charge in [-0.3, -0.25) is 0 Å². The van der Waals surface area contributed by atoms with E-state index in [4.69, 9.17) is 0 Å². The molecule has 2 aliphatic rings. The molecule has 2 heteroatoms. The minimum atomic E-state index is 0.371. The molecule has 1 nitrogen and oxygen atoms in total. The number of anilines is 1. The van der Waals surface area contributed by atoms with E-state index in [1.54, 1.807) is 0 Å². The van der Waals surface area contributed by atoms with Crippen molar-refractivity contribution in [1.29, 1.82) is 0 Å². The largest absolute Gasteiger partial charge is 0.378 e. The molecule has 112 valence electrons. The van der Waals surface area contributed by atoms with E-state index < -0.39 is 0 Å². The smallest absolute Gasteiger partial charge is 0.0565 e. The Morgan fingerprint density at radius 3 is 2.82 bits per heavy atom. The van der Waals surface area contributed by atoms with Crippen molar-refractivity contribution in [2.24, 2.45) is 5.92 Å². The third-order valence-corrected chi connectivity index (χ3v) is 5.80. The average Bonchev–Trinajstić information content (AvgIpc) is 3.04. The number of halogens is 1. The number of aryl methyl sites for hydroxylation is 1. The summed E-state index contributed by atoms with van der Waals surface area (Å²) in [6, 6.07) is 15.9. The molecule has 0 aromatic heterocycles. The number of nitrogens with one attached hydrogen (secondary N) is 1. The van der Waals surface area contributed by atoms with Crippen LogP contribution in [0.2, 0.25) is 0 Å². The molecule has 2 aromatic rings. The van der Waals surface area contributed by atoms with E-state index in [0.717, 1.165) is 12.8 Å². The van der Waals surface area contributed by atoms with Crippen molar-refractivity contribution < 1.29 is 0 Å². The first-order valence-corrected chi connectivity index (χ1v) is 8.87. The lowest BCUT2D eigenvalue weighted by Crippen LogP contribution is -2.29. The van der Waals surface area contributed by atoms with Gasteiger partial charge in [-0.1, -0.05) is 65.3 Å². The van der Waals surface area contributed by atoms with Gasteiger partial charge in [0.25, 0.3) is 0 Å². The first-order valence-electron chi connectivity index (χ1n) is 8.08. The highest BCUT2D eigenvalue weighted by atomic mass is 79.9. The van der Waals surface area contributed by atoms with Gasteiger partial charge in [0.2, 0.25) is 0 Å². The Morgan fingerprint density at radius 2 is 2.00 bits per heavy atom. The third kappa shape index (κ3) is 2.21. The molecule has 1 N–H and O–H groups in total. The molecular formula is C20H20BrN. The van der Waals surface area contributed by atoms with Crippen LogP contribution in [0.1, 0.15) is 42.0 Å². The number of rotatable bonds is 2. The molecule has 1 heterocycles. The predicted octanol–water partition coefficient (Wildman–Crippen LogP) is 5.84. The van der Waals surface area contributed by atoms with Crippen LogP contribution in [-0.2, 0) is 6.42 Å². The van der Waals surface area contributed by atoms with Gasteiger partial charge in [-0.15, -0.1) is 0 Å². The highest BCUT2D eigenvalue weighted by Crippen LogP contribution is 2.50. The molecular weight excluding hydrogens is 334 g/mol. The summed E-state index contributed by atoms with van der Waals surface area (Å²) in [6.07, 6.45) is 7.02. The summed E-state index contributed by atoms with van der Waals surface area (Å²) in [6.45, 7) is 2.23. The van der Waals surface area contributed by atoms with E-state index in [1.807, 2.05) is 0 Å². The second kappa shape index (κ2) is 5.58. The molecule has 0 bridgehead atoms. The summed E-state index contributed by atoms with van der Waals surface area (Å²) in [5.41, 5.74) is 5.57. The molecule has 1 aliphatic heterocycles. The number of hydrogen-bond acceptors (Lipinski definition) is 1. The van der Waals surface area contributed by atoms with Crippen LogP contribution in [0.25, 0.3) is 0 Å². The maximum absolute atomic E-state index is 3.81. The zero-order valence-corrected chi connectivity index (χ0v) is 14.3. The number of fused-ring (bicyclic) bond motifs is 3. The highest BCUT2D eigenvalue weighted by molar-refractivity contribution is 9.10. The molecule has 22 heavy (non-hydrogen) atoms. The van der Waals surface area contributed by atoms with Crippen molar-refractivity contribution in [1.82, 2.24) is 0 Å². The number of allylic oxidation sites excluding steroid dienone is 2. The fourth-order valence-electron chi connectivity index (χ4n) is 3.90. The number of hydrogen-bond donors (Lipinski definition) is 1. The maximum atomic E-state index is 3.81. The minimum absolute atomic E-state index is 0.371. The second-order valence-electron chi connectivity index (χ2n) is 6.27. The van der Waals surface area contributed by atoms with Crippen molar-refractivity contribution in [2.75, 3.05) is 5.32 Å². The van der Waals surface area contributed by atoms with Crippen LogP contribution in [-0.4, -0.2) is 0 Å². The molecule has 1 aliphatic carbocycles. The molecule has 0 radical (unpaired) electrons. The van der Waals surface area contributed by atoms with Crippen LogP contribution in [0.4, 0.5) is 5.69 Å². The number of benzene rings is 2. The Labute approximate surface area is 140 Å². The van der Waals surface area contributed by atoms with Crippen LogP contribution >= 0.6 is 15.9 Å². The first-order chi connectivity index (χ1) is 10.8. The van der Waals surface area contributed by atoms with Gasteiger partial charge in [-0.05, 0) is 47.6 Å². The highest BCUT2D eigenvalue weighted by Gasteiger charge is 2.38. The first kappa shape index (κ1) is 14.1. The van der Waals surface area contributed by atoms with Crippen LogP contribution in [0, 0.1) is 5.92 Å². The second-order valence-corrected chi connectivity index (χ2v) is 7.13. The SMILES string of the molecule is CCc1ccc2c(c1)[C@@H]1C=CC[C@@H]1[C@H](c1ccccc1Br)N2. The Kier molecular flexibility index (Phi) is 3.57. The Morgan fingerprint density at radius 1 is 1.14 bits per heavy atom. The van der Waals surface area contributed by atoms with Crippen LogP contribution in [0.5, 0.6) is 0 Å². The van der Waals surface area contributed by atoms with Crippen molar-refractivity contribution in [3.8, 4) is 0 Å². The summed E-state index contributed by atoms with van der Waals surface area (Å²) in [7, 11) is 0. The van der Waals surface area contributed by atoms with E-state index in [9.17, 15) is 0 Å². The van der Waals surface area contributed by atoms with Gasteiger partial charge in [0, 0.05) is 16.1 Å². The Balaban J connectivity index is 1.80. The fourth-order valence-corrected chi connectivity index (χ4v) is 4.43. The van der Waals surface area contributed by atoms with Gasteiger partial charge in [0.15, 0.2) is 0 Å². The molecule has 0 fully saturated rings. The molecule has 0 spiro atoms. The van der Waals surface area contributed by atoms with E-state index in [2.05, 4.69) is 82.8 Å². The molecule has 0 unspecified atom stereocenters. The van der Waals surface area contributed by atoms with Gasteiger partial charge in [0.1, 0.15) is 0 Å². The van der Waals surface area contributed by atoms with Crippen molar-refractivity contribution in [3.63, 3.8) is 0 Å². The molecule has 0 saturated carbocycles. The summed E-state index contributed by atoms with van der Waals surface area (Å²) in [5.74, 6) is 1.15. The summed E-state index contributed by atoms with van der Waals surface area (Å²) in [5, 5.41) is 3.81. The van der Waals surface area contributed by atoms with Crippen LogP contribution in [0.15, 0.2) is 59.1 Å². The summed E-state index contributed by atoms with van der Waals surface area (Å²) >= 11 is 3.73. The van der Waals surface area contributed by atoms with Gasteiger partial charge < -0.3 is 5.32 Å². The van der Waals surface area contributed by atoms with Gasteiger partial charge in [-0.2, -0.15) is 0 Å². The van der Waals surface area contributed by atoms with E-state index in [1.165, 1.54) is 26.9 Å². The van der Waals surface area contributed by atoms with E-state index >= 15 is 0 Å². The fraction of sp³-hybridized carbons (Fsp3) is 0.300. The normalized spacial score (nSPS) is 25.5. The topological polar surface area (TPSA) is 12.0 Å². The van der Waals surface area contributed by atoms with Crippen LogP contribution in [0.3, 0.4) is 0 Å². The molecule has 2 aromatic carbocycles. The standard InChI is InChI=1S/C20H20BrN/c1-2-13-10-11-19-17(12-13)14-7-5-8-15(14)20(22-19)16-6-3-4-9-18(16)21/h3-7,9-12,14-15,20,22H,2,8H2,1H3/t14-,15+,20-/m1/s1. The lowest BCUT2D eigenvalue weighted by Gasteiger charge is -2.38. The zero-order chi connectivity index (χ0) is 15.1. The van der Waals surface area contributed by atoms with Gasteiger partial charge >= 0.3 is 0 Å². The minimum Gasteiger partial charge on any atom is -0.378 e. The van der Waals surface area contributed by atoms with E-state index in [0.29, 0.717) is 17.9 Å². The lowest BCUT2D eigenvalue weighted by atomic mass is 9.76. The third-order valence-electron chi connectivity index (χ3n) is 5.08. The molecule has 0 amide bonds. The van der Waals surface area contributed by atoms with Gasteiger partial charge in [0.05, 0.1) is 6.04 Å². The van der Waals surface area contributed by atoms with Crippen LogP contribution < -0.4 is 5.32 Å². The van der Waals surface area contributed by atoms with E-state index in [-0.39, 0.29) is 0 Å². The summed E-state index contributed by atoms with van der Waals surface area (Å²) in [4.78, 5) is 0. The molecule has 0 saturated heterocycles. The van der Waals surface area contributed by atoms with Crippen molar-refractivity contribution >= 4 is 21.6 Å². The van der Waals surface area contributed by atoms with Crippen molar-refractivity contribution in [3.05, 3.63) is 75.8 Å². The molecule has 3 atom stereocenters. The Hall–Kier alpha value is -1.54. The molecule has 4 rings (SSSR count).